The van der Waals surface area contributed by atoms with E-state index in [0.717, 1.165) is 14.0 Å². The molecule has 78 valence electrons. The lowest BCUT2D eigenvalue weighted by Crippen LogP contribution is -2.30. The van der Waals surface area contributed by atoms with Crippen LogP contribution < -0.4 is 0 Å². The van der Waals surface area contributed by atoms with Crippen LogP contribution in [0.25, 0.3) is 0 Å². The normalized spacial score (nSPS) is 11.4. The van der Waals surface area contributed by atoms with Crippen molar-refractivity contribution in [3.63, 3.8) is 0 Å². The van der Waals surface area contributed by atoms with Crippen molar-refractivity contribution in [3.05, 3.63) is 0 Å². The number of ether oxygens (including phenoxy) is 2. The maximum Gasteiger partial charge on any atom is 0.353 e. The molecule has 0 saturated heterocycles. The van der Waals surface area contributed by atoms with E-state index in [-0.39, 0.29) is 0 Å². The summed E-state index contributed by atoms with van der Waals surface area (Å²) in [5, 5.41) is 0. The van der Waals surface area contributed by atoms with Gasteiger partial charge in [0.2, 0.25) is 0 Å². The largest absolute Gasteiger partial charge is 0.466 e. The molecule has 0 saturated carbocycles. The molecular formula is C8H10O5S. The lowest BCUT2D eigenvalue weighted by molar-refractivity contribution is -0.160. The standard InChI is InChI=1S/C8H10O5S/c1-4(9)6(14)8(11)13-5(2)7(10)12-3/h5H,1-3H3/t5-/m0/s1. The van der Waals surface area contributed by atoms with Crippen molar-refractivity contribution < 1.29 is 23.9 Å². The third kappa shape index (κ3) is 3.61. The van der Waals surface area contributed by atoms with Gasteiger partial charge in [-0.1, -0.05) is 12.2 Å². The van der Waals surface area contributed by atoms with Crippen LogP contribution in [0.3, 0.4) is 0 Å². The average molecular weight is 218 g/mol. The van der Waals surface area contributed by atoms with E-state index in [1.807, 2.05) is 0 Å². The summed E-state index contributed by atoms with van der Waals surface area (Å²) in [6, 6.07) is 0. The molecule has 5 nitrogen and oxygen atoms in total. The Morgan fingerprint density at radius 2 is 1.79 bits per heavy atom. The van der Waals surface area contributed by atoms with Crippen molar-refractivity contribution in [1.82, 2.24) is 0 Å². The van der Waals surface area contributed by atoms with Crippen molar-refractivity contribution in [2.24, 2.45) is 0 Å². The molecule has 0 aliphatic rings. The monoisotopic (exact) mass is 218 g/mol. The molecule has 0 rings (SSSR count). The molecule has 0 heterocycles. The zero-order chi connectivity index (χ0) is 11.3. The maximum absolute atomic E-state index is 11.0. The molecule has 0 N–H and O–H groups in total. The lowest BCUT2D eigenvalue weighted by atomic mass is 10.3. The molecule has 0 bridgehead atoms. The second kappa shape index (κ2) is 5.43. The first-order chi connectivity index (χ1) is 6.40. The van der Waals surface area contributed by atoms with Crippen LogP contribution in [-0.2, 0) is 23.9 Å². The number of rotatable bonds is 4. The van der Waals surface area contributed by atoms with E-state index in [9.17, 15) is 14.4 Å². The smallest absolute Gasteiger partial charge is 0.353 e. The Morgan fingerprint density at radius 1 is 1.29 bits per heavy atom. The number of hydrogen-bond donors (Lipinski definition) is 0. The third-order valence-corrected chi connectivity index (χ3v) is 1.78. The first-order valence-electron chi connectivity index (χ1n) is 3.73. The molecule has 0 aromatic rings. The molecule has 14 heavy (non-hydrogen) atoms. The molecular weight excluding hydrogens is 208 g/mol. The minimum Gasteiger partial charge on any atom is -0.466 e. The summed E-state index contributed by atoms with van der Waals surface area (Å²) in [4.78, 5) is 32.0. The number of methoxy groups -OCH3 is 1. The van der Waals surface area contributed by atoms with Gasteiger partial charge >= 0.3 is 11.9 Å². The van der Waals surface area contributed by atoms with Crippen LogP contribution in [0.5, 0.6) is 0 Å². The van der Waals surface area contributed by atoms with Crippen molar-refractivity contribution in [2.75, 3.05) is 7.11 Å². The van der Waals surface area contributed by atoms with Gasteiger partial charge in [-0.05, 0) is 6.92 Å². The molecule has 0 unspecified atom stereocenters. The Balaban J connectivity index is 4.26. The predicted octanol–water partition coefficient (Wildman–Crippen LogP) is 0.0500. The van der Waals surface area contributed by atoms with Crippen molar-refractivity contribution in [1.29, 1.82) is 0 Å². The number of esters is 2. The quantitative estimate of drug-likeness (QED) is 0.377. The summed E-state index contributed by atoms with van der Waals surface area (Å²) in [5.74, 6) is -2.25. The van der Waals surface area contributed by atoms with E-state index in [2.05, 4.69) is 21.7 Å². The van der Waals surface area contributed by atoms with E-state index >= 15 is 0 Å². The average Bonchev–Trinajstić information content (AvgIpc) is 2.14. The molecule has 0 aliphatic carbocycles. The first kappa shape index (κ1) is 12.7. The van der Waals surface area contributed by atoms with Gasteiger partial charge in [-0.15, -0.1) is 0 Å². The van der Waals surface area contributed by atoms with E-state index in [1.165, 1.54) is 6.92 Å². The van der Waals surface area contributed by atoms with Crippen molar-refractivity contribution in [2.45, 2.75) is 20.0 Å². The highest BCUT2D eigenvalue weighted by Crippen LogP contribution is 1.96. The maximum atomic E-state index is 11.0. The number of carbonyl (C=O) groups excluding carboxylic acids is 3. The van der Waals surface area contributed by atoms with Gasteiger partial charge < -0.3 is 9.47 Å². The van der Waals surface area contributed by atoms with Crippen LogP contribution in [-0.4, -0.2) is 35.8 Å². The Morgan fingerprint density at radius 3 is 2.14 bits per heavy atom. The molecule has 0 fully saturated rings. The lowest BCUT2D eigenvalue weighted by Gasteiger charge is -2.09. The minimum absolute atomic E-state index is 0.458. The van der Waals surface area contributed by atoms with Crippen molar-refractivity contribution in [3.8, 4) is 0 Å². The highest BCUT2D eigenvalue weighted by Gasteiger charge is 2.22. The van der Waals surface area contributed by atoms with Crippen LogP contribution in [0.4, 0.5) is 0 Å². The van der Waals surface area contributed by atoms with Gasteiger partial charge in [0.25, 0.3) is 0 Å². The molecule has 0 radical (unpaired) electrons. The summed E-state index contributed by atoms with van der Waals surface area (Å²) < 4.78 is 8.86. The summed E-state index contributed by atoms with van der Waals surface area (Å²) in [5.41, 5.74) is 0. The number of Topliss-reactive ketones (excluding diaryl/α,β-unsaturated/α-hetero) is 1. The van der Waals surface area contributed by atoms with Gasteiger partial charge in [0, 0.05) is 6.92 Å². The van der Waals surface area contributed by atoms with Crippen LogP contribution in [0.1, 0.15) is 13.8 Å². The van der Waals surface area contributed by atoms with Crippen LogP contribution in [0.15, 0.2) is 0 Å². The molecule has 0 spiro atoms. The molecule has 1 atom stereocenters. The number of carbonyl (C=O) groups is 3. The summed E-state index contributed by atoms with van der Waals surface area (Å²) in [6.45, 7) is 2.47. The SMILES string of the molecule is COC(=O)[C@H](C)OC(=O)C(=S)C(C)=O. The Kier molecular flexibility index (Phi) is 4.93. The zero-order valence-electron chi connectivity index (χ0n) is 8.03. The van der Waals surface area contributed by atoms with Crippen LogP contribution in [0, 0.1) is 0 Å². The van der Waals surface area contributed by atoms with E-state index in [1.54, 1.807) is 0 Å². The number of ketones is 1. The van der Waals surface area contributed by atoms with Gasteiger partial charge in [-0.25, -0.2) is 9.59 Å². The summed E-state index contributed by atoms with van der Waals surface area (Å²) in [6.07, 6.45) is -1.07. The first-order valence-corrected chi connectivity index (χ1v) is 4.14. The second-order valence-electron chi connectivity index (χ2n) is 2.46. The summed E-state index contributed by atoms with van der Waals surface area (Å²) >= 11 is 4.47. The Hall–Kier alpha value is -1.30. The fourth-order valence-corrected chi connectivity index (χ4v) is 0.620. The minimum atomic E-state index is -1.07. The molecule has 6 heteroatoms. The van der Waals surface area contributed by atoms with Crippen LogP contribution >= 0.6 is 12.2 Å². The number of thiocarbonyl (C=S) groups is 1. The third-order valence-electron chi connectivity index (χ3n) is 1.32. The van der Waals surface area contributed by atoms with E-state index in [0.29, 0.717) is 0 Å². The van der Waals surface area contributed by atoms with Gasteiger partial charge in [0.15, 0.2) is 16.8 Å². The highest BCUT2D eigenvalue weighted by molar-refractivity contribution is 7.83. The van der Waals surface area contributed by atoms with E-state index in [4.69, 9.17) is 0 Å². The fraction of sp³-hybridized carbons (Fsp3) is 0.500. The fourth-order valence-electron chi connectivity index (χ4n) is 0.572. The van der Waals surface area contributed by atoms with Gasteiger partial charge in [-0.2, -0.15) is 0 Å². The topological polar surface area (TPSA) is 69.7 Å². The Labute approximate surface area is 86.4 Å². The number of hydrogen-bond acceptors (Lipinski definition) is 6. The van der Waals surface area contributed by atoms with E-state index < -0.39 is 28.7 Å². The molecule has 0 aromatic heterocycles. The highest BCUT2D eigenvalue weighted by atomic mass is 32.1. The van der Waals surface area contributed by atoms with Gasteiger partial charge in [-0.3, -0.25) is 4.79 Å². The van der Waals surface area contributed by atoms with Crippen LogP contribution in [0.2, 0.25) is 0 Å². The Bertz CT molecular complexity index is 283. The molecule has 0 aliphatic heterocycles. The van der Waals surface area contributed by atoms with Gasteiger partial charge in [0.05, 0.1) is 7.11 Å². The second-order valence-corrected chi connectivity index (χ2v) is 2.86. The zero-order valence-corrected chi connectivity index (χ0v) is 8.84. The molecule has 0 aromatic carbocycles. The summed E-state index contributed by atoms with van der Waals surface area (Å²) in [7, 11) is 1.16. The van der Waals surface area contributed by atoms with Gasteiger partial charge in [0.1, 0.15) is 0 Å². The molecule has 0 amide bonds. The van der Waals surface area contributed by atoms with Crippen molar-refractivity contribution >= 4 is 34.8 Å². The predicted molar refractivity (Wildman–Crippen MR) is 50.8 cm³/mol.